The Morgan fingerprint density at radius 3 is 2.88 bits per heavy atom. The minimum absolute atomic E-state index is 0.0673. The maximum absolute atomic E-state index is 13.4. The predicted octanol–water partition coefficient (Wildman–Crippen LogP) is 2.52. The highest BCUT2D eigenvalue weighted by atomic mass is 79.9. The first kappa shape index (κ1) is 13.0. The normalized spacial score (nSPS) is 22.4. The van der Waals surface area contributed by atoms with Crippen molar-refractivity contribution in [2.75, 3.05) is 13.2 Å². The maximum atomic E-state index is 13.4. The molecule has 0 aromatic heterocycles. The van der Waals surface area contributed by atoms with Crippen molar-refractivity contribution in [1.82, 2.24) is 5.43 Å². The third kappa shape index (κ3) is 3.25. The average molecular weight is 303 g/mol. The Morgan fingerprint density at radius 1 is 1.47 bits per heavy atom. The molecule has 0 radical (unpaired) electrons. The summed E-state index contributed by atoms with van der Waals surface area (Å²) >= 11 is 3.29. The van der Waals surface area contributed by atoms with Crippen LogP contribution in [0.25, 0.3) is 0 Å². The van der Waals surface area contributed by atoms with Crippen molar-refractivity contribution < 1.29 is 9.13 Å². The molecule has 3 nitrogen and oxygen atoms in total. The zero-order chi connectivity index (χ0) is 12.3. The summed E-state index contributed by atoms with van der Waals surface area (Å²) in [4.78, 5) is 0. The number of hydrazine groups is 1. The molecule has 1 aliphatic heterocycles. The molecule has 2 rings (SSSR count). The van der Waals surface area contributed by atoms with Crippen LogP contribution < -0.4 is 11.3 Å². The molecule has 0 aliphatic carbocycles. The van der Waals surface area contributed by atoms with Crippen molar-refractivity contribution in [3.63, 3.8) is 0 Å². The molecule has 94 valence electrons. The molecule has 1 heterocycles. The Bertz CT molecular complexity index is 363. The third-order valence-electron chi connectivity index (χ3n) is 3.09. The van der Waals surface area contributed by atoms with Crippen LogP contribution in [0.5, 0.6) is 0 Å². The largest absolute Gasteiger partial charge is 0.381 e. The summed E-state index contributed by atoms with van der Waals surface area (Å²) in [5, 5.41) is 0. The summed E-state index contributed by atoms with van der Waals surface area (Å²) in [6.07, 6.45) is 2.07. The van der Waals surface area contributed by atoms with Crippen molar-refractivity contribution in [1.29, 1.82) is 0 Å². The molecule has 3 N–H and O–H groups in total. The molecule has 17 heavy (non-hydrogen) atoms. The van der Waals surface area contributed by atoms with E-state index in [1.165, 1.54) is 12.1 Å². The number of rotatable bonds is 3. The molecule has 5 heteroatoms. The smallest absolute Gasteiger partial charge is 0.124 e. The quantitative estimate of drug-likeness (QED) is 0.666. The van der Waals surface area contributed by atoms with E-state index in [4.69, 9.17) is 10.6 Å². The van der Waals surface area contributed by atoms with E-state index in [2.05, 4.69) is 21.4 Å². The van der Waals surface area contributed by atoms with Gasteiger partial charge in [0.15, 0.2) is 0 Å². The monoisotopic (exact) mass is 302 g/mol. The van der Waals surface area contributed by atoms with Crippen molar-refractivity contribution >= 4 is 15.9 Å². The number of benzene rings is 1. The predicted molar refractivity (Wildman–Crippen MR) is 67.7 cm³/mol. The molecule has 1 aromatic carbocycles. The number of nitrogens with one attached hydrogen (secondary N) is 1. The summed E-state index contributed by atoms with van der Waals surface area (Å²) < 4.78 is 19.5. The van der Waals surface area contributed by atoms with Crippen LogP contribution in [0.15, 0.2) is 22.7 Å². The van der Waals surface area contributed by atoms with Gasteiger partial charge in [-0.1, -0.05) is 15.9 Å². The highest BCUT2D eigenvalue weighted by molar-refractivity contribution is 9.10. The standard InChI is InChI=1S/C12H16BrFN2O/c13-10-4-9(5-11(14)6-10)12(16-15)8-2-1-3-17-7-8/h4-6,8,12,16H,1-3,7,15H2. The van der Waals surface area contributed by atoms with Crippen LogP contribution in [0.1, 0.15) is 24.4 Å². The van der Waals surface area contributed by atoms with Gasteiger partial charge >= 0.3 is 0 Å². The molecule has 0 amide bonds. The van der Waals surface area contributed by atoms with E-state index in [-0.39, 0.29) is 11.9 Å². The van der Waals surface area contributed by atoms with E-state index in [1.54, 1.807) is 0 Å². The van der Waals surface area contributed by atoms with Crippen LogP contribution >= 0.6 is 15.9 Å². The molecule has 2 atom stereocenters. The molecule has 2 unspecified atom stereocenters. The summed E-state index contributed by atoms with van der Waals surface area (Å²) in [6, 6.07) is 4.78. The molecule has 0 bridgehead atoms. The Kier molecular flexibility index (Phi) is 4.50. The van der Waals surface area contributed by atoms with Crippen LogP contribution in [-0.4, -0.2) is 13.2 Å². The van der Waals surface area contributed by atoms with Crippen molar-refractivity contribution in [3.05, 3.63) is 34.1 Å². The fourth-order valence-corrected chi connectivity index (χ4v) is 2.77. The lowest BCUT2D eigenvalue weighted by Crippen LogP contribution is -2.37. The van der Waals surface area contributed by atoms with Gasteiger partial charge in [-0.25, -0.2) is 4.39 Å². The minimum Gasteiger partial charge on any atom is -0.381 e. The van der Waals surface area contributed by atoms with Gasteiger partial charge in [-0.2, -0.15) is 0 Å². The van der Waals surface area contributed by atoms with Crippen LogP contribution in [0.2, 0.25) is 0 Å². The molecule has 1 fully saturated rings. The van der Waals surface area contributed by atoms with Gasteiger partial charge in [-0.15, -0.1) is 0 Å². The first-order valence-corrected chi connectivity index (χ1v) is 6.50. The lowest BCUT2D eigenvalue weighted by molar-refractivity contribution is 0.0389. The number of hydrogen-bond donors (Lipinski definition) is 2. The SMILES string of the molecule is NNC(c1cc(F)cc(Br)c1)C1CCCOC1. The zero-order valence-electron chi connectivity index (χ0n) is 9.46. The van der Waals surface area contributed by atoms with Gasteiger partial charge in [0.05, 0.1) is 12.6 Å². The first-order chi connectivity index (χ1) is 8.20. The Labute approximate surface area is 109 Å². The van der Waals surface area contributed by atoms with E-state index < -0.39 is 0 Å². The third-order valence-corrected chi connectivity index (χ3v) is 3.55. The fourth-order valence-electron chi connectivity index (χ4n) is 2.29. The number of halogens is 2. The molecule has 1 saturated heterocycles. The molecule has 1 aromatic rings. The number of hydrogen-bond acceptors (Lipinski definition) is 3. The van der Waals surface area contributed by atoms with Gasteiger partial charge in [-0.05, 0) is 36.6 Å². The molecule has 0 saturated carbocycles. The van der Waals surface area contributed by atoms with Gasteiger partial charge in [0.2, 0.25) is 0 Å². The summed E-state index contributed by atoms with van der Waals surface area (Å²) in [7, 11) is 0. The van der Waals surface area contributed by atoms with Crippen LogP contribution in [0.3, 0.4) is 0 Å². The topological polar surface area (TPSA) is 47.3 Å². The highest BCUT2D eigenvalue weighted by Crippen LogP contribution is 2.30. The van der Waals surface area contributed by atoms with Crippen LogP contribution in [0.4, 0.5) is 4.39 Å². The summed E-state index contributed by atoms with van der Waals surface area (Å²) in [6.45, 7) is 1.48. The van der Waals surface area contributed by atoms with Gasteiger partial charge in [0.1, 0.15) is 5.82 Å². The van der Waals surface area contributed by atoms with Crippen LogP contribution in [-0.2, 0) is 4.74 Å². The fraction of sp³-hybridized carbons (Fsp3) is 0.500. The van der Waals surface area contributed by atoms with Gasteiger partial charge in [-0.3, -0.25) is 11.3 Å². The number of nitrogens with two attached hydrogens (primary N) is 1. The van der Waals surface area contributed by atoms with Crippen molar-refractivity contribution in [2.45, 2.75) is 18.9 Å². The Hall–Kier alpha value is -0.490. The molecular formula is C12H16BrFN2O. The van der Waals surface area contributed by atoms with Crippen molar-refractivity contribution in [2.24, 2.45) is 11.8 Å². The van der Waals surface area contributed by atoms with Crippen LogP contribution in [0, 0.1) is 11.7 Å². The Morgan fingerprint density at radius 2 is 2.29 bits per heavy atom. The lowest BCUT2D eigenvalue weighted by atomic mass is 9.89. The molecule has 1 aliphatic rings. The first-order valence-electron chi connectivity index (χ1n) is 5.70. The molecular weight excluding hydrogens is 287 g/mol. The van der Waals surface area contributed by atoms with E-state index >= 15 is 0 Å². The Balaban J connectivity index is 2.21. The second-order valence-electron chi connectivity index (χ2n) is 4.32. The van der Waals surface area contributed by atoms with Gasteiger partial charge < -0.3 is 4.74 Å². The lowest BCUT2D eigenvalue weighted by Gasteiger charge is -2.30. The van der Waals surface area contributed by atoms with Crippen molar-refractivity contribution in [3.8, 4) is 0 Å². The number of ether oxygens (including phenoxy) is 1. The summed E-state index contributed by atoms with van der Waals surface area (Å²) in [5.41, 5.74) is 3.63. The zero-order valence-corrected chi connectivity index (χ0v) is 11.0. The van der Waals surface area contributed by atoms with Gasteiger partial charge in [0.25, 0.3) is 0 Å². The maximum Gasteiger partial charge on any atom is 0.124 e. The molecule has 0 spiro atoms. The second-order valence-corrected chi connectivity index (χ2v) is 5.24. The van der Waals surface area contributed by atoms with E-state index in [1.807, 2.05) is 6.07 Å². The highest BCUT2D eigenvalue weighted by Gasteiger charge is 2.25. The van der Waals surface area contributed by atoms with E-state index in [0.29, 0.717) is 12.5 Å². The summed E-state index contributed by atoms with van der Waals surface area (Å²) in [5.74, 6) is 5.63. The van der Waals surface area contributed by atoms with Gasteiger partial charge in [0, 0.05) is 17.0 Å². The van der Waals surface area contributed by atoms with E-state index in [9.17, 15) is 4.39 Å². The van der Waals surface area contributed by atoms with E-state index in [0.717, 1.165) is 29.5 Å². The second kappa shape index (κ2) is 5.91. The minimum atomic E-state index is -0.258. The average Bonchev–Trinajstić information content (AvgIpc) is 2.30.